The third kappa shape index (κ3) is 3.53. The van der Waals surface area contributed by atoms with E-state index < -0.39 is 6.09 Å². The number of hydrogen-bond acceptors (Lipinski definition) is 6. The second-order valence-electron chi connectivity index (χ2n) is 7.02. The summed E-state index contributed by atoms with van der Waals surface area (Å²) in [5, 5.41) is 10.2. The van der Waals surface area contributed by atoms with E-state index in [1.807, 2.05) is 13.0 Å². The highest BCUT2D eigenvalue weighted by Crippen LogP contribution is 2.45. The van der Waals surface area contributed by atoms with Crippen molar-refractivity contribution >= 4 is 50.3 Å². The lowest BCUT2D eigenvalue weighted by molar-refractivity contribution is 0.136. The molecule has 8 nitrogen and oxygen atoms in total. The van der Waals surface area contributed by atoms with Crippen LogP contribution >= 0.6 is 27.5 Å². The summed E-state index contributed by atoms with van der Waals surface area (Å²) >= 11 is 9.83. The zero-order valence-corrected chi connectivity index (χ0v) is 17.8. The highest BCUT2D eigenvalue weighted by Gasteiger charge is 2.31. The van der Waals surface area contributed by atoms with E-state index in [9.17, 15) is 9.90 Å². The Morgan fingerprint density at radius 3 is 2.71 bits per heavy atom. The molecule has 1 aliphatic carbocycles. The Morgan fingerprint density at radius 2 is 2.11 bits per heavy atom. The predicted octanol–water partition coefficient (Wildman–Crippen LogP) is 3.78. The lowest BCUT2D eigenvalue weighted by Gasteiger charge is -2.39. The van der Waals surface area contributed by atoms with Gasteiger partial charge < -0.3 is 24.4 Å². The fourth-order valence-corrected chi connectivity index (χ4v) is 4.14. The Balaban J connectivity index is 1.83. The Hall–Kier alpha value is -2.00. The molecule has 1 saturated heterocycles. The highest BCUT2D eigenvalue weighted by molar-refractivity contribution is 9.10. The number of carboxylic acid groups (broad SMARTS) is 1. The summed E-state index contributed by atoms with van der Waals surface area (Å²) in [5.74, 6) is 1.87. The minimum Gasteiger partial charge on any atom is -0.495 e. The summed E-state index contributed by atoms with van der Waals surface area (Å²) < 4.78 is 12.3. The smallest absolute Gasteiger partial charge is 0.407 e. The molecule has 2 heterocycles. The van der Waals surface area contributed by atoms with Gasteiger partial charge in [-0.1, -0.05) is 0 Å². The minimum atomic E-state index is -0.914. The summed E-state index contributed by atoms with van der Waals surface area (Å²) in [5.41, 5.74) is 0.613. The number of aromatic nitrogens is 2. The van der Waals surface area contributed by atoms with Crippen LogP contribution in [0.3, 0.4) is 0 Å². The number of methoxy groups -OCH3 is 1. The van der Waals surface area contributed by atoms with Gasteiger partial charge in [-0.15, -0.1) is 0 Å². The number of halogens is 2. The minimum absolute atomic E-state index is 0.0681. The van der Waals surface area contributed by atoms with Gasteiger partial charge in [0.25, 0.3) is 0 Å². The van der Waals surface area contributed by atoms with Gasteiger partial charge in [-0.05, 0) is 53.4 Å². The van der Waals surface area contributed by atoms with Crippen LogP contribution in [0.5, 0.6) is 11.5 Å². The highest BCUT2D eigenvalue weighted by atomic mass is 79.9. The van der Waals surface area contributed by atoms with Crippen LogP contribution in [-0.2, 0) is 0 Å². The molecule has 28 heavy (non-hydrogen) atoms. The molecule has 0 bridgehead atoms. The van der Waals surface area contributed by atoms with E-state index in [0.29, 0.717) is 46.9 Å². The first kappa shape index (κ1) is 19.3. The van der Waals surface area contributed by atoms with Crippen molar-refractivity contribution in [1.82, 2.24) is 14.9 Å². The number of hydrogen-bond donors (Lipinski definition) is 1. The monoisotopic (exact) mass is 470 g/mol. The zero-order valence-electron chi connectivity index (χ0n) is 15.5. The molecule has 1 aromatic carbocycles. The summed E-state index contributed by atoms with van der Waals surface area (Å²) in [6.45, 7) is 3.25. The summed E-state index contributed by atoms with van der Waals surface area (Å²) in [6.07, 6.45) is 1.26. The molecule has 2 aromatic rings. The molecular weight excluding hydrogens is 452 g/mol. The molecule has 1 aromatic heterocycles. The number of rotatable bonds is 4. The molecule has 2 aliphatic rings. The van der Waals surface area contributed by atoms with Crippen LogP contribution in [0, 0.1) is 0 Å². The molecule has 0 unspecified atom stereocenters. The Labute approximate surface area is 175 Å². The molecule has 0 spiro atoms. The average molecular weight is 472 g/mol. The largest absolute Gasteiger partial charge is 0.495 e. The van der Waals surface area contributed by atoms with Gasteiger partial charge in [0.1, 0.15) is 21.6 Å². The van der Waals surface area contributed by atoms with Crippen molar-refractivity contribution in [3.05, 3.63) is 15.8 Å². The number of anilines is 1. The van der Waals surface area contributed by atoms with E-state index in [2.05, 4.69) is 30.8 Å². The van der Waals surface area contributed by atoms with E-state index in [0.717, 1.165) is 18.2 Å². The molecule has 1 amide bonds. The molecular formula is C18H20BrClN4O4. The lowest BCUT2D eigenvalue weighted by Crippen LogP contribution is -2.53. The standard InChI is InChI=1S/C18H20BrClN4O4/c1-9-8-23(18(25)26)5-6-24(9)16-11-7-12(27-2)13(19)15(28-10-3-4-10)14(11)21-17(20)22-16/h7,9-10H,3-6,8H2,1-2H3,(H,25,26)/t9-/m0/s1. The van der Waals surface area contributed by atoms with Crippen molar-refractivity contribution in [1.29, 1.82) is 0 Å². The zero-order chi connectivity index (χ0) is 20.0. The number of carbonyl (C=O) groups is 1. The average Bonchev–Trinajstić information content (AvgIpc) is 3.47. The van der Waals surface area contributed by atoms with E-state index in [4.69, 9.17) is 21.1 Å². The number of piperazine rings is 1. The van der Waals surface area contributed by atoms with Crippen LogP contribution < -0.4 is 14.4 Å². The van der Waals surface area contributed by atoms with Crippen molar-refractivity contribution in [2.24, 2.45) is 0 Å². The molecule has 150 valence electrons. The Bertz CT molecular complexity index is 940. The normalized spacial score (nSPS) is 19.8. The van der Waals surface area contributed by atoms with Crippen molar-refractivity contribution in [2.75, 3.05) is 31.6 Å². The lowest BCUT2D eigenvalue weighted by atomic mass is 10.1. The molecule has 10 heteroatoms. The fourth-order valence-electron chi connectivity index (χ4n) is 3.42. The van der Waals surface area contributed by atoms with Crippen LogP contribution in [0.15, 0.2) is 10.5 Å². The summed E-state index contributed by atoms with van der Waals surface area (Å²) in [6, 6.07) is 1.79. The van der Waals surface area contributed by atoms with Crippen LogP contribution in [0.25, 0.3) is 10.9 Å². The summed E-state index contributed by atoms with van der Waals surface area (Å²) in [4.78, 5) is 23.7. The van der Waals surface area contributed by atoms with Crippen LogP contribution in [-0.4, -0.2) is 65.0 Å². The number of nitrogens with zero attached hydrogens (tertiary/aromatic N) is 4. The number of amides is 1. The molecule has 1 N–H and O–H groups in total. The molecule has 2 fully saturated rings. The van der Waals surface area contributed by atoms with Crippen molar-refractivity contribution in [3.8, 4) is 11.5 Å². The first-order valence-corrected chi connectivity index (χ1v) is 10.2. The Kier molecular flexibility index (Phi) is 5.13. The van der Waals surface area contributed by atoms with Gasteiger partial charge in [0.05, 0.1) is 18.6 Å². The maximum absolute atomic E-state index is 11.3. The van der Waals surface area contributed by atoms with E-state index >= 15 is 0 Å². The number of fused-ring (bicyclic) bond motifs is 1. The first-order valence-electron chi connectivity index (χ1n) is 9.04. The van der Waals surface area contributed by atoms with Gasteiger partial charge in [-0.2, -0.15) is 4.98 Å². The summed E-state index contributed by atoms with van der Waals surface area (Å²) in [7, 11) is 1.59. The second-order valence-corrected chi connectivity index (χ2v) is 8.15. The maximum Gasteiger partial charge on any atom is 0.407 e. The van der Waals surface area contributed by atoms with Gasteiger partial charge in [0.2, 0.25) is 5.28 Å². The molecule has 1 saturated carbocycles. The second kappa shape index (κ2) is 7.44. The number of benzene rings is 1. The number of ether oxygens (including phenoxy) is 2. The predicted molar refractivity (Wildman–Crippen MR) is 109 cm³/mol. The molecule has 1 aliphatic heterocycles. The van der Waals surface area contributed by atoms with Crippen LogP contribution in [0.4, 0.5) is 10.6 Å². The Morgan fingerprint density at radius 1 is 1.36 bits per heavy atom. The molecule has 4 rings (SSSR count). The van der Waals surface area contributed by atoms with E-state index in [-0.39, 0.29) is 17.4 Å². The first-order chi connectivity index (χ1) is 13.4. The van der Waals surface area contributed by atoms with Crippen LogP contribution in [0.1, 0.15) is 19.8 Å². The van der Waals surface area contributed by atoms with Crippen LogP contribution in [0.2, 0.25) is 5.28 Å². The van der Waals surface area contributed by atoms with Gasteiger partial charge >= 0.3 is 6.09 Å². The molecule has 0 radical (unpaired) electrons. The third-order valence-corrected chi connectivity index (χ3v) is 5.92. The van der Waals surface area contributed by atoms with Gasteiger partial charge in [-0.3, -0.25) is 0 Å². The molecule has 1 atom stereocenters. The van der Waals surface area contributed by atoms with Gasteiger partial charge in [-0.25, -0.2) is 9.78 Å². The quantitative estimate of drug-likeness (QED) is 0.679. The fraction of sp³-hybridized carbons (Fsp3) is 0.500. The van der Waals surface area contributed by atoms with Gasteiger partial charge in [0, 0.05) is 25.7 Å². The maximum atomic E-state index is 11.3. The van der Waals surface area contributed by atoms with Crippen molar-refractivity contribution in [2.45, 2.75) is 31.9 Å². The third-order valence-electron chi connectivity index (χ3n) is 5.00. The van der Waals surface area contributed by atoms with E-state index in [1.165, 1.54) is 4.90 Å². The van der Waals surface area contributed by atoms with Gasteiger partial charge in [0.15, 0.2) is 5.75 Å². The van der Waals surface area contributed by atoms with Crippen molar-refractivity contribution in [3.63, 3.8) is 0 Å². The van der Waals surface area contributed by atoms with Crippen molar-refractivity contribution < 1.29 is 19.4 Å². The topological polar surface area (TPSA) is 88.0 Å². The van der Waals surface area contributed by atoms with E-state index in [1.54, 1.807) is 7.11 Å². The SMILES string of the molecule is COc1cc2c(N3CCN(C(=O)O)C[C@@H]3C)nc(Cl)nc2c(OC2CC2)c1Br.